The Hall–Kier alpha value is -1.13. The van der Waals surface area contributed by atoms with Gasteiger partial charge in [-0.1, -0.05) is 11.6 Å². The number of carboxylic acids is 1. The van der Waals surface area contributed by atoms with Gasteiger partial charge in [-0.05, 0) is 12.1 Å². The molecule has 0 unspecified atom stereocenters. The molecular weight excluding hydrogens is 192 g/mol. The second kappa shape index (κ2) is 4.20. The van der Waals surface area contributed by atoms with Crippen LogP contribution in [0.5, 0.6) is 0 Å². The number of hydrogen-bond acceptors (Lipinski definition) is 3. The van der Waals surface area contributed by atoms with Gasteiger partial charge < -0.3 is 10.8 Å². The first-order valence-electron chi connectivity index (χ1n) is 3.68. The number of halogens is 1. The van der Waals surface area contributed by atoms with E-state index in [-0.39, 0.29) is 6.42 Å². The quantitative estimate of drug-likeness (QED) is 0.753. The first kappa shape index (κ1) is 9.95. The zero-order valence-electron chi connectivity index (χ0n) is 6.77. The van der Waals surface area contributed by atoms with Crippen LogP contribution in [-0.2, 0) is 11.2 Å². The summed E-state index contributed by atoms with van der Waals surface area (Å²) < 4.78 is 0. The summed E-state index contributed by atoms with van der Waals surface area (Å²) in [6.07, 6.45) is 1.71. The largest absolute Gasteiger partial charge is 0.480 e. The van der Waals surface area contributed by atoms with Crippen LogP contribution in [0.25, 0.3) is 0 Å². The summed E-state index contributed by atoms with van der Waals surface area (Å²) in [6.45, 7) is 0. The Bertz CT molecular complexity index is 317. The highest BCUT2D eigenvalue weighted by atomic mass is 35.5. The van der Waals surface area contributed by atoms with Crippen molar-refractivity contribution < 1.29 is 9.90 Å². The van der Waals surface area contributed by atoms with Crippen molar-refractivity contribution in [2.75, 3.05) is 0 Å². The van der Waals surface area contributed by atoms with E-state index in [1.165, 1.54) is 6.20 Å². The maximum atomic E-state index is 10.4. The van der Waals surface area contributed by atoms with Gasteiger partial charge in [0.1, 0.15) is 6.04 Å². The van der Waals surface area contributed by atoms with E-state index in [0.29, 0.717) is 10.7 Å². The third-order valence-electron chi connectivity index (χ3n) is 1.52. The van der Waals surface area contributed by atoms with Crippen molar-refractivity contribution in [2.45, 2.75) is 12.5 Å². The van der Waals surface area contributed by atoms with Gasteiger partial charge in [-0.15, -0.1) is 0 Å². The zero-order valence-corrected chi connectivity index (χ0v) is 7.53. The van der Waals surface area contributed by atoms with Crippen LogP contribution in [-0.4, -0.2) is 22.1 Å². The van der Waals surface area contributed by atoms with E-state index < -0.39 is 12.0 Å². The lowest BCUT2D eigenvalue weighted by atomic mass is 10.1. The summed E-state index contributed by atoms with van der Waals surface area (Å²) >= 11 is 5.68. The van der Waals surface area contributed by atoms with Gasteiger partial charge in [0.25, 0.3) is 0 Å². The Morgan fingerprint density at radius 3 is 3.00 bits per heavy atom. The lowest BCUT2D eigenvalue weighted by Crippen LogP contribution is -2.32. The van der Waals surface area contributed by atoms with E-state index in [4.69, 9.17) is 22.4 Å². The SMILES string of the molecule is N[C@@H](Cc1cc(Cl)ccn1)C(=O)O. The van der Waals surface area contributed by atoms with Crippen molar-refractivity contribution in [3.8, 4) is 0 Å². The van der Waals surface area contributed by atoms with Crippen molar-refractivity contribution in [1.29, 1.82) is 0 Å². The van der Waals surface area contributed by atoms with Crippen molar-refractivity contribution in [1.82, 2.24) is 4.98 Å². The maximum Gasteiger partial charge on any atom is 0.320 e. The molecule has 0 aromatic carbocycles. The van der Waals surface area contributed by atoms with Crippen LogP contribution in [0.4, 0.5) is 0 Å². The fourth-order valence-corrected chi connectivity index (χ4v) is 1.06. The van der Waals surface area contributed by atoms with E-state index in [1.807, 2.05) is 0 Å². The molecule has 0 aliphatic carbocycles. The van der Waals surface area contributed by atoms with Gasteiger partial charge in [0.05, 0.1) is 0 Å². The van der Waals surface area contributed by atoms with Crippen LogP contribution in [0.3, 0.4) is 0 Å². The van der Waals surface area contributed by atoms with E-state index in [1.54, 1.807) is 12.1 Å². The molecule has 0 aliphatic heterocycles. The Kier molecular flexibility index (Phi) is 3.22. The Balaban J connectivity index is 2.69. The molecule has 0 aliphatic rings. The van der Waals surface area contributed by atoms with Crippen molar-refractivity contribution >= 4 is 17.6 Å². The number of aliphatic carboxylic acids is 1. The molecule has 0 radical (unpaired) electrons. The fourth-order valence-electron chi connectivity index (χ4n) is 0.873. The van der Waals surface area contributed by atoms with Crippen LogP contribution in [0, 0.1) is 0 Å². The van der Waals surface area contributed by atoms with Gasteiger partial charge in [-0.2, -0.15) is 0 Å². The summed E-state index contributed by atoms with van der Waals surface area (Å²) in [5, 5.41) is 9.06. The summed E-state index contributed by atoms with van der Waals surface area (Å²) in [4.78, 5) is 14.3. The molecule has 1 aromatic heterocycles. The number of nitrogens with zero attached hydrogens (tertiary/aromatic N) is 1. The standard InChI is InChI=1S/C8H9ClN2O2/c9-5-1-2-11-6(3-5)4-7(10)8(12)13/h1-3,7H,4,10H2,(H,12,13)/t7-/m0/s1. The molecule has 0 bridgehead atoms. The molecule has 1 heterocycles. The molecular formula is C8H9ClN2O2. The monoisotopic (exact) mass is 200 g/mol. The third kappa shape index (κ3) is 3.01. The predicted molar refractivity (Wildman–Crippen MR) is 48.6 cm³/mol. The summed E-state index contributed by atoms with van der Waals surface area (Å²) in [6, 6.07) is 2.30. The average Bonchev–Trinajstić information content (AvgIpc) is 2.04. The lowest BCUT2D eigenvalue weighted by Gasteiger charge is -2.04. The average molecular weight is 201 g/mol. The molecule has 0 saturated carbocycles. The molecule has 5 heteroatoms. The first-order valence-corrected chi connectivity index (χ1v) is 4.06. The number of nitrogens with two attached hydrogens (primary N) is 1. The normalized spacial score (nSPS) is 12.5. The zero-order chi connectivity index (χ0) is 9.84. The highest BCUT2D eigenvalue weighted by Gasteiger charge is 2.12. The minimum absolute atomic E-state index is 0.190. The predicted octanol–water partition coefficient (Wildman–Crippen LogP) is 0.689. The molecule has 1 rings (SSSR count). The minimum Gasteiger partial charge on any atom is -0.480 e. The summed E-state index contributed by atoms with van der Waals surface area (Å²) in [7, 11) is 0. The molecule has 4 nitrogen and oxygen atoms in total. The van der Waals surface area contributed by atoms with Gasteiger partial charge in [0.2, 0.25) is 0 Å². The molecule has 13 heavy (non-hydrogen) atoms. The second-order valence-electron chi connectivity index (χ2n) is 2.61. The third-order valence-corrected chi connectivity index (χ3v) is 1.76. The van der Waals surface area contributed by atoms with Gasteiger partial charge >= 0.3 is 5.97 Å². The summed E-state index contributed by atoms with van der Waals surface area (Å²) in [5.41, 5.74) is 5.90. The van der Waals surface area contributed by atoms with Crippen LogP contribution < -0.4 is 5.73 Å². The number of rotatable bonds is 3. The lowest BCUT2D eigenvalue weighted by molar-refractivity contribution is -0.138. The Labute approximate surface area is 80.3 Å². The van der Waals surface area contributed by atoms with Crippen molar-refractivity contribution in [3.05, 3.63) is 29.0 Å². The number of carbonyl (C=O) groups is 1. The van der Waals surface area contributed by atoms with Crippen LogP contribution >= 0.6 is 11.6 Å². The first-order chi connectivity index (χ1) is 6.09. The second-order valence-corrected chi connectivity index (χ2v) is 3.05. The van der Waals surface area contributed by atoms with E-state index >= 15 is 0 Å². The molecule has 70 valence electrons. The van der Waals surface area contributed by atoms with Gasteiger partial charge in [0.15, 0.2) is 0 Å². The van der Waals surface area contributed by atoms with Gasteiger partial charge in [-0.3, -0.25) is 9.78 Å². The topological polar surface area (TPSA) is 76.2 Å². The van der Waals surface area contributed by atoms with Crippen LogP contribution in [0.2, 0.25) is 5.02 Å². The molecule has 0 fully saturated rings. The van der Waals surface area contributed by atoms with E-state index in [0.717, 1.165) is 0 Å². The Morgan fingerprint density at radius 2 is 2.46 bits per heavy atom. The maximum absolute atomic E-state index is 10.4. The van der Waals surface area contributed by atoms with Gasteiger partial charge in [-0.25, -0.2) is 0 Å². The number of aromatic nitrogens is 1. The molecule has 0 amide bonds. The van der Waals surface area contributed by atoms with E-state index in [9.17, 15) is 4.79 Å². The minimum atomic E-state index is -1.04. The van der Waals surface area contributed by atoms with Crippen LogP contribution in [0.15, 0.2) is 18.3 Å². The molecule has 1 aromatic rings. The fraction of sp³-hybridized carbons (Fsp3) is 0.250. The van der Waals surface area contributed by atoms with E-state index in [2.05, 4.69) is 4.98 Å². The van der Waals surface area contributed by atoms with Crippen molar-refractivity contribution in [2.24, 2.45) is 5.73 Å². The number of carboxylic acid groups (broad SMARTS) is 1. The molecule has 1 atom stereocenters. The highest BCUT2D eigenvalue weighted by Crippen LogP contribution is 2.08. The van der Waals surface area contributed by atoms with Gasteiger partial charge in [0, 0.05) is 23.3 Å². The molecule has 0 saturated heterocycles. The molecule has 3 N–H and O–H groups in total. The van der Waals surface area contributed by atoms with Crippen LogP contribution in [0.1, 0.15) is 5.69 Å². The number of hydrogen-bond donors (Lipinski definition) is 2. The number of pyridine rings is 1. The summed E-state index contributed by atoms with van der Waals surface area (Å²) in [5.74, 6) is -1.04. The van der Waals surface area contributed by atoms with Crippen molar-refractivity contribution in [3.63, 3.8) is 0 Å². The highest BCUT2D eigenvalue weighted by molar-refractivity contribution is 6.30. The smallest absolute Gasteiger partial charge is 0.320 e. The molecule has 0 spiro atoms. The Morgan fingerprint density at radius 1 is 1.77 bits per heavy atom.